The van der Waals surface area contributed by atoms with Crippen molar-refractivity contribution in [2.24, 2.45) is 10.7 Å². The predicted molar refractivity (Wildman–Crippen MR) is 105 cm³/mol. The lowest BCUT2D eigenvalue weighted by atomic mass is 10.1. The number of nitrogens with one attached hydrogen (secondary N) is 1. The molecule has 1 atom stereocenters. The number of rotatable bonds is 8. The summed E-state index contributed by atoms with van der Waals surface area (Å²) in [6.07, 6.45) is 0. The second kappa shape index (κ2) is 11.0. The molecule has 0 amide bonds. The molecule has 4 nitrogen and oxygen atoms in total. The van der Waals surface area contributed by atoms with Gasteiger partial charge in [0.25, 0.3) is 0 Å². The van der Waals surface area contributed by atoms with Crippen molar-refractivity contribution in [2.45, 2.75) is 26.8 Å². The number of thiophene rings is 1. The Bertz CT molecular complexity index is 427. The fourth-order valence-electron chi connectivity index (χ4n) is 2.04. The lowest BCUT2D eigenvalue weighted by molar-refractivity contribution is 0.225. The first kappa shape index (κ1) is 20.4. The van der Waals surface area contributed by atoms with E-state index in [0.29, 0.717) is 25.1 Å². The molecule has 1 heterocycles. The maximum absolute atomic E-state index is 5.89. The average Bonchev–Trinajstić information content (AvgIpc) is 2.94. The standard InChI is InChI=1S/C15H26N4S.HI/c1-5-19(6-2)14(13-7-8-20-11-13)10-18-15(16)17-9-12(3)4;/h7-8,11,14H,3,5-6,9-10H2,1-2,4H3,(H3,16,17,18);1H. The molecule has 0 radical (unpaired) electrons. The van der Waals surface area contributed by atoms with Gasteiger partial charge in [0, 0.05) is 6.54 Å². The summed E-state index contributed by atoms with van der Waals surface area (Å²) < 4.78 is 0. The number of nitrogens with zero attached hydrogens (tertiary/aromatic N) is 2. The monoisotopic (exact) mass is 422 g/mol. The summed E-state index contributed by atoms with van der Waals surface area (Å²) in [7, 11) is 0. The molecule has 1 rings (SSSR count). The van der Waals surface area contributed by atoms with Crippen LogP contribution in [0.3, 0.4) is 0 Å². The minimum Gasteiger partial charge on any atom is -0.370 e. The van der Waals surface area contributed by atoms with Crippen molar-refractivity contribution in [1.29, 1.82) is 0 Å². The van der Waals surface area contributed by atoms with E-state index in [2.05, 4.69) is 52.5 Å². The summed E-state index contributed by atoms with van der Waals surface area (Å²) in [5.41, 5.74) is 8.25. The minimum absolute atomic E-state index is 0. The second-order valence-electron chi connectivity index (χ2n) is 4.83. The summed E-state index contributed by atoms with van der Waals surface area (Å²) in [4.78, 5) is 6.87. The van der Waals surface area contributed by atoms with Gasteiger partial charge in [-0.25, -0.2) is 0 Å². The molecule has 0 saturated heterocycles. The Labute approximate surface area is 149 Å². The number of hydrogen-bond donors (Lipinski definition) is 2. The van der Waals surface area contributed by atoms with Crippen molar-refractivity contribution < 1.29 is 0 Å². The molecule has 6 heteroatoms. The molecule has 1 aromatic rings. The lowest BCUT2D eigenvalue weighted by Gasteiger charge is -2.28. The van der Waals surface area contributed by atoms with Gasteiger partial charge in [0.05, 0.1) is 12.6 Å². The summed E-state index contributed by atoms with van der Waals surface area (Å²) in [6, 6.07) is 2.46. The summed E-state index contributed by atoms with van der Waals surface area (Å²) in [6.45, 7) is 13.5. The fourth-order valence-corrected chi connectivity index (χ4v) is 2.75. The molecule has 0 spiro atoms. The van der Waals surface area contributed by atoms with E-state index >= 15 is 0 Å². The number of likely N-dealkylation sites (N-methyl/N-ethyl adjacent to an activating group) is 1. The zero-order chi connectivity index (χ0) is 15.0. The highest BCUT2D eigenvalue weighted by Gasteiger charge is 2.17. The molecular weight excluding hydrogens is 395 g/mol. The first-order chi connectivity index (χ1) is 9.58. The molecule has 3 N–H and O–H groups in total. The van der Waals surface area contributed by atoms with E-state index in [4.69, 9.17) is 5.73 Å². The van der Waals surface area contributed by atoms with Gasteiger partial charge >= 0.3 is 0 Å². The van der Waals surface area contributed by atoms with Crippen LogP contribution in [0.15, 0.2) is 34.0 Å². The highest BCUT2D eigenvalue weighted by Crippen LogP contribution is 2.23. The van der Waals surface area contributed by atoms with E-state index in [1.807, 2.05) is 6.92 Å². The molecule has 1 unspecified atom stereocenters. The van der Waals surface area contributed by atoms with Crippen LogP contribution in [0, 0.1) is 0 Å². The largest absolute Gasteiger partial charge is 0.370 e. The Morgan fingerprint density at radius 2 is 2.14 bits per heavy atom. The molecule has 0 aromatic carbocycles. The van der Waals surface area contributed by atoms with Crippen molar-refractivity contribution in [3.8, 4) is 0 Å². The Hall–Kier alpha value is -0.600. The minimum atomic E-state index is 0. The summed E-state index contributed by atoms with van der Waals surface area (Å²) >= 11 is 1.72. The summed E-state index contributed by atoms with van der Waals surface area (Å²) in [5.74, 6) is 0.486. The van der Waals surface area contributed by atoms with Gasteiger partial charge in [-0.2, -0.15) is 11.3 Å². The van der Waals surface area contributed by atoms with Gasteiger partial charge in [0.1, 0.15) is 0 Å². The summed E-state index contributed by atoms with van der Waals surface area (Å²) in [5, 5.41) is 7.37. The third-order valence-electron chi connectivity index (χ3n) is 3.19. The van der Waals surface area contributed by atoms with Gasteiger partial charge in [-0.05, 0) is 42.4 Å². The number of guanidine groups is 1. The molecule has 120 valence electrons. The Morgan fingerprint density at radius 1 is 1.48 bits per heavy atom. The zero-order valence-electron chi connectivity index (χ0n) is 13.1. The topological polar surface area (TPSA) is 53.6 Å². The smallest absolute Gasteiger partial charge is 0.188 e. The van der Waals surface area contributed by atoms with Crippen LogP contribution in [0.4, 0.5) is 0 Å². The zero-order valence-corrected chi connectivity index (χ0v) is 16.3. The third-order valence-corrected chi connectivity index (χ3v) is 3.89. The molecular formula is C15H27IN4S. The van der Waals surface area contributed by atoms with E-state index in [-0.39, 0.29) is 24.0 Å². The maximum atomic E-state index is 5.89. The first-order valence-electron chi connectivity index (χ1n) is 7.02. The van der Waals surface area contributed by atoms with E-state index < -0.39 is 0 Å². The molecule has 0 aliphatic heterocycles. The van der Waals surface area contributed by atoms with Crippen LogP contribution in [0.25, 0.3) is 0 Å². The van der Waals surface area contributed by atoms with E-state index in [0.717, 1.165) is 18.7 Å². The maximum Gasteiger partial charge on any atom is 0.188 e. The Morgan fingerprint density at radius 3 is 2.62 bits per heavy atom. The number of hydrogen-bond acceptors (Lipinski definition) is 3. The van der Waals surface area contributed by atoms with E-state index in [9.17, 15) is 0 Å². The van der Waals surface area contributed by atoms with Gasteiger partial charge in [-0.15, -0.1) is 24.0 Å². The molecule has 0 aliphatic carbocycles. The number of nitrogens with two attached hydrogens (primary N) is 1. The van der Waals surface area contributed by atoms with Crippen LogP contribution >= 0.6 is 35.3 Å². The second-order valence-corrected chi connectivity index (χ2v) is 5.61. The van der Waals surface area contributed by atoms with Crippen LogP contribution in [0.1, 0.15) is 32.4 Å². The van der Waals surface area contributed by atoms with E-state index in [1.54, 1.807) is 11.3 Å². The SMILES string of the molecule is C=C(C)CNC(N)=NCC(c1ccsc1)N(CC)CC.I. The van der Waals surface area contributed by atoms with E-state index in [1.165, 1.54) is 5.56 Å². The molecule has 21 heavy (non-hydrogen) atoms. The van der Waals surface area contributed by atoms with Crippen molar-refractivity contribution in [3.05, 3.63) is 34.5 Å². The predicted octanol–water partition coefficient (Wildman–Crippen LogP) is 3.23. The van der Waals surface area contributed by atoms with Crippen LogP contribution in [0.2, 0.25) is 0 Å². The van der Waals surface area contributed by atoms with Crippen molar-refractivity contribution in [3.63, 3.8) is 0 Å². The van der Waals surface area contributed by atoms with Crippen molar-refractivity contribution in [1.82, 2.24) is 10.2 Å². The van der Waals surface area contributed by atoms with Gasteiger partial charge in [0.15, 0.2) is 5.96 Å². The van der Waals surface area contributed by atoms with Gasteiger partial charge in [0.2, 0.25) is 0 Å². The molecule has 0 fully saturated rings. The van der Waals surface area contributed by atoms with Crippen molar-refractivity contribution in [2.75, 3.05) is 26.2 Å². The highest BCUT2D eigenvalue weighted by molar-refractivity contribution is 14.0. The fraction of sp³-hybridized carbons (Fsp3) is 0.533. The van der Waals surface area contributed by atoms with Crippen LogP contribution in [-0.2, 0) is 0 Å². The first-order valence-corrected chi connectivity index (χ1v) is 7.97. The lowest BCUT2D eigenvalue weighted by Crippen LogP contribution is -2.35. The van der Waals surface area contributed by atoms with Crippen LogP contribution < -0.4 is 11.1 Å². The van der Waals surface area contributed by atoms with Gasteiger partial charge < -0.3 is 11.1 Å². The quantitative estimate of drug-likeness (QED) is 0.293. The molecule has 0 aliphatic rings. The number of aliphatic imine (C=N–C) groups is 1. The number of halogens is 1. The van der Waals surface area contributed by atoms with Crippen molar-refractivity contribution >= 4 is 41.3 Å². The van der Waals surface area contributed by atoms with Crippen LogP contribution in [0.5, 0.6) is 0 Å². The third kappa shape index (κ3) is 7.28. The normalized spacial score (nSPS) is 12.9. The van der Waals surface area contributed by atoms with Gasteiger partial charge in [-0.1, -0.05) is 26.0 Å². The molecule has 1 aromatic heterocycles. The Kier molecular flexibility index (Phi) is 10.7. The highest BCUT2D eigenvalue weighted by atomic mass is 127. The van der Waals surface area contributed by atoms with Crippen LogP contribution in [-0.4, -0.2) is 37.0 Å². The van der Waals surface area contributed by atoms with Gasteiger partial charge in [-0.3, -0.25) is 9.89 Å². The average molecular weight is 422 g/mol. The Balaban J connectivity index is 0.00000400. The molecule has 0 saturated carbocycles. The molecule has 0 bridgehead atoms.